The summed E-state index contributed by atoms with van der Waals surface area (Å²) in [6.07, 6.45) is 8.27. The molecule has 0 saturated carbocycles. The van der Waals surface area contributed by atoms with Gasteiger partial charge in [-0.1, -0.05) is 24.6 Å². The fourth-order valence-corrected chi connectivity index (χ4v) is 6.60. The number of carbonyl (C=O) groups excluding carboxylic acids is 1. The van der Waals surface area contributed by atoms with Crippen LogP contribution in [0.3, 0.4) is 0 Å². The number of rotatable bonds is 8. The number of methoxy groups -OCH3 is 1. The van der Waals surface area contributed by atoms with Crippen molar-refractivity contribution in [1.82, 2.24) is 9.62 Å². The van der Waals surface area contributed by atoms with Crippen molar-refractivity contribution in [3.63, 3.8) is 0 Å². The third-order valence-corrected chi connectivity index (χ3v) is 8.97. The molecule has 1 amide bonds. The van der Waals surface area contributed by atoms with E-state index in [1.165, 1.54) is 24.0 Å². The summed E-state index contributed by atoms with van der Waals surface area (Å²) in [6, 6.07) is 11.4. The molecule has 7 heteroatoms. The molecule has 1 saturated heterocycles. The lowest BCUT2D eigenvalue weighted by molar-refractivity contribution is -0.121. The Morgan fingerprint density at radius 3 is 2.47 bits per heavy atom. The summed E-state index contributed by atoms with van der Waals surface area (Å²) in [5.41, 5.74) is 4.69. The highest BCUT2D eigenvalue weighted by molar-refractivity contribution is 7.89. The van der Waals surface area contributed by atoms with Gasteiger partial charge in [0.2, 0.25) is 15.9 Å². The highest BCUT2D eigenvalue weighted by atomic mass is 32.2. The number of piperidine rings is 1. The largest absolute Gasteiger partial charge is 0.496 e. The molecule has 0 spiro atoms. The Labute approximate surface area is 203 Å². The molecule has 2 aromatic rings. The Bertz CT molecular complexity index is 1120. The molecule has 2 aliphatic rings. The zero-order chi connectivity index (χ0) is 24.1. The highest BCUT2D eigenvalue weighted by Gasteiger charge is 2.26. The van der Waals surface area contributed by atoms with Crippen LogP contribution in [0.1, 0.15) is 73.7 Å². The minimum atomic E-state index is -3.53. The topological polar surface area (TPSA) is 75.7 Å². The molecule has 6 nitrogen and oxygen atoms in total. The minimum absolute atomic E-state index is 0.0587. The van der Waals surface area contributed by atoms with Crippen LogP contribution in [-0.4, -0.2) is 38.8 Å². The molecule has 0 unspecified atom stereocenters. The van der Waals surface area contributed by atoms with Gasteiger partial charge in [-0.2, -0.15) is 4.31 Å². The third kappa shape index (κ3) is 5.63. The highest BCUT2D eigenvalue weighted by Crippen LogP contribution is 2.28. The number of nitrogens with zero attached hydrogens (tertiary/aromatic N) is 1. The number of hydrogen-bond acceptors (Lipinski definition) is 4. The quantitative estimate of drug-likeness (QED) is 0.596. The SMILES string of the molecule is COc1ccc(S(=O)(=O)N2CCCCC2)cc1CCC(=O)N[C@@H](C)c1ccc2c(c1)CCCC2. The predicted molar refractivity (Wildman–Crippen MR) is 134 cm³/mol. The van der Waals surface area contributed by atoms with Gasteiger partial charge in [-0.3, -0.25) is 4.79 Å². The average molecular weight is 485 g/mol. The molecular formula is C27H36N2O4S. The van der Waals surface area contributed by atoms with Crippen LogP contribution in [0.25, 0.3) is 0 Å². The second kappa shape index (κ2) is 10.9. The predicted octanol–water partition coefficient (Wildman–Crippen LogP) is 4.56. The van der Waals surface area contributed by atoms with E-state index in [0.29, 0.717) is 25.3 Å². The van der Waals surface area contributed by atoms with E-state index < -0.39 is 10.0 Å². The van der Waals surface area contributed by atoms with Crippen molar-refractivity contribution in [3.8, 4) is 5.75 Å². The van der Waals surface area contributed by atoms with Gasteiger partial charge in [-0.15, -0.1) is 0 Å². The second-order valence-electron chi connectivity index (χ2n) is 9.46. The van der Waals surface area contributed by atoms with Gasteiger partial charge in [0.05, 0.1) is 18.0 Å². The van der Waals surface area contributed by atoms with Crippen LogP contribution >= 0.6 is 0 Å². The first-order valence-corrected chi connectivity index (χ1v) is 13.9. The first-order chi connectivity index (χ1) is 16.4. The Balaban J connectivity index is 1.41. The van der Waals surface area contributed by atoms with Crippen molar-refractivity contribution >= 4 is 15.9 Å². The van der Waals surface area contributed by atoms with E-state index in [1.807, 2.05) is 6.92 Å². The van der Waals surface area contributed by atoms with Gasteiger partial charge >= 0.3 is 0 Å². The molecule has 2 aromatic carbocycles. The second-order valence-corrected chi connectivity index (χ2v) is 11.4. The smallest absolute Gasteiger partial charge is 0.243 e. The maximum atomic E-state index is 13.1. The first kappa shape index (κ1) is 24.7. The van der Waals surface area contributed by atoms with Crippen molar-refractivity contribution in [2.24, 2.45) is 0 Å². The third-order valence-electron chi connectivity index (χ3n) is 7.08. The first-order valence-electron chi connectivity index (χ1n) is 12.5. The van der Waals surface area contributed by atoms with Crippen LogP contribution in [0.2, 0.25) is 0 Å². The minimum Gasteiger partial charge on any atom is -0.496 e. The van der Waals surface area contributed by atoms with Gasteiger partial charge in [-0.25, -0.2) is 8.42 Å². The average Bonchev–Trinajstić information content (AvgIpc) is 2.87. The Morgan fingerprint density at radius 2 is 1.74 bits per heavy atom. The summed E-state index contributed by atoms with van der Waals surface area (Å²) >= 11 is 0. The fourth-order valence-electron chi connectivity index (χ4n) is 5.03. The Morgan fingerprint density at radius 1 is 1.00 bits per heavy atom. The molecule has 0 radical (unpaired) electrons. The van der Waals surface area contributed by atoms with Crippen molar-refractivity contribution in [1.29, 1.82) is 0 Å². The number of carbonyl (C=O) groups is 1. The number of sulfonamides is 1. The Kier molecular flexibility index (Phi) is 7.94. The Hall–Kier alpha value is -2.38. The molecule has 0 bridgehead atoms. The summed E-state index contributed by atoms with van der Waals surface area (Å²) in [5, 5.41) is 3.10. The summed E-state index contributed by atoms with van der Waals surface area (Å²) in [4.78, 5) is 13.0. The van der Waals surface area contributed by atoms with Gasteiger partial charge in [0.25, 0.3) is 0 Å². The molecule has 0 aromatic heterocycles. The maximum Gasteiger partial charge on any atom is 0.243 e. The van der Waals surface area contributed by atoms with Crippen molar-refractivity contribution < 1.29 is 17.9 Å². The van der Waals surface area contributed by atoms with E-state index in [9.17, 15) is 13.2 Å². The summed E-state index contributed by atoms with van der Waals surface area (Å²) in [5.74, 6) is 0.546. The molecular weight excluding hydrogens is 448 g/mol. The maximum absolute atomic E-state index is 13.1. The molecule has 1 N–H and O–H groups in total. The van der Waals surface area contributed by atoms with Crippen LogP contribution in [0.15, 0.2) is 41.3 Å². The van der Waals surface area contributed by atoms with Crippen LogP contribution in [0.5, 0.6) is 5.75 Å². The normalized spacial score (nSPS) is 17.6. The molecule has 1 aliphatic carbocycles. The standard InChI is InChI=1S/C27H36N2O4S/c1-20(22-11-10-21-8-4-5-9-23(21)18-22)28-27(30)15-12-24-19-25(13-14-26(24)33-2)34(31,32)29-16-6-3-7-17-29/h10-11,13-14,18-20H,3-9,12,15-17H2,1-2H3,(H,28,30)/t20-/m0/s1. The lowest BCUT2D eigenvalue weighted by Gasteiger charge is -2.26. The molecule has 184 valence electrons. The molecule has 4 rings (SSSR count). The van der Waals surface area contributed by atoms with Gasteiger partial charge < -0.3 is 10.1 Å². The molecule has 1 aliphatic heterocycles. The lowest BCUT2D eigenvalue weighted by Crippen LogP contribution is -2.35. The van der Waals surface area contributed by atoms with Gasteiger partial charge in [-0.05, 0) is 92.3 Å². The van der Waals surface area contributed by atoms with Crippen LogP contribution < -0.4 is 10.1 Å². The van der Waals surface area contributed by atoms with E-state index in [-0.39, 0.29) is 23.3 Å². The number of fused-ring (bicyclic) bond motifs is 1. The molecule has 1 atom stereocenters. The number of amides is 1. The number of hydrogen-bond donors (Lipinski definition) is 1. The van der Waals surface area contributed by atoms with E-state index in [4.69, 9.17) is 4.74 Å². The zero-order valence-corrected chi connectivity index (χ0v) is 21.1. The monoisotopic (exact) mass is 484 g/mol. The van der Waals surface area contributed by atoms with E-state index >= 15 is 0 Å². The van der Waals surface area contributed by atoms with Gasteiger partial charge in [0.1, 0.15) is 5.75 Å². The van der Waals surface area contributed by atoms with Crippen molar-refractivity contribution in [2.75, 3.05) is 20.2 Å². The molecule has 1 fully saturated rings. The fraction of sp³-hybridized carbons (Fsp3) is 0.519. The number of ether oxygens (including phenoxy) is 1. The molecule has 1 heterocycles. The number of nitrogens with one attached hydrogen (secondary N) is 1. The summed E-state index contributed by atoms with van der Waals surface area (Å²) in [6.45, 7) is 3.13. The summed E-state index contributed by atoms with van der Waals surface area (Å²) < 4.78 is 33.2. The van der Waals surface area contributed by atoms with Crippen LogP contribution in [0.4, 0.5) is 0 Å². The number of benzene rings is 2. The number of aryl methyl sites for hydroxylation is 3. The zero-order valence-electron chi connectivity index (χ0n) is 20.3. The van der Waals surface area contributed by atoms with Gasteiger partial charge in [0, 0.05) is 19.5 Å². The van der Waals surface area contributed by atoms with Gasteiger partial charge in [0.15, 0.2) is 0 Å². The van der Waals surface area contributed by atoms with Crippen molar-refractivity contribution in [2.45, 2.75) is 75.6 Å². The lowest BCUT2D eigenvalue weighted by atomic mass is 9.89. The molecule has 34 heavy (non-hydrogen) atoms. The van der Waals surface area contributed by atoms with Crippen LogP contribution in [-0.2, 0) is 34.1 Å². The van der Waals surface area contributed by atoms with E-state index in [1.54, 1.807) is 29.6 Å². The summed E-state index contributed by atoms with van der Waals surface area (Å²) in [7, 11) is -1.97. The van der Waals surface area contributed by atoms with E-state index in [0.717, 1.165) is 43.2 Å². The van der Waals surface area contributed by atoms with Crippen LogP contribution in [0, 0.1) is 0 Å². The van der Waals surface area contributed by atoms with E-state index in [2.05, 4.69) is 23.5 Å². The van der Waals surface area contributed by atoms with Crippen molar-refractivity contribution in [3.05, 3.63) is 58.7 Å².